The Hall–Kier alpha value is -3.26. The van der Waals surface area contributed by atoms with Crippen molar-refractivity contribution in [2.45, 2.75) is 63.7 Å². The smallest absolute Gasteiger partial charge is 0.257 e. The van der Waals surface area contributed by atoms with Gasteiger partial charge < -0.3 is 5.73 Å². The number of amides is 1. The number of rotatable bonds is 4. The van der Waals surface area contributed by atoms with Crippen LogP contribution in [0.3, 0.4) is 0 Å². The van der Waals surface area contributed by atoms with Crippen LogP contribution in [0, 0.1) is 0 Å². The minimum atomic E-state index is -0.142. The van der Waals surface area contributed by atoms with E-state index in [9.17, 15) is 4.79 Å². The predicted molar refractivity (Wildman–Crippen MR) is 135 cm³/mol. The van der Waals surface area contributed by atoms with Gasteiger partial charge in [0.1, 0.15) is 22.9 Å². The van der Waals surface area contributed by atoms with Crippen LogP contribution in [0.15, 0.2) is 36.7 Å². The molecule has 3 N–H and O–H groups in total. The van der Waals surface area contributed by atoms with E-state index in [1.165, 1.54) is 37.0 Å². The van der Waals surface area contributed by atoms with Crippen LogP contribution in [0.2, 0.25) is 0 Å². The third-order valence-corrected chi connectivity index (χ3v) is 8.14. The molecular formula is C26H28N6OS. The van der Waals surface area contributed by atoms with E-state index in [1.54, 1.807) is 17.5 Å². The number of aromatic nitrogens is 4. The van der Waals surface area contributed by atoms with Crippen LogP contribution >= 0.6 is 11.3 Å². The Bertz CT molecular complexity index is 1330. The van der Waals surface area contributed by atoms with Gasteiger partial charge in [-0.25, -0.2) is 15.0 Å². The summed E-state index contributed by atoms with van der Waals surface area (Å²) in [7, 11) is 0. The molecule has 1 amide bonds. The first-order valence-corrected chi connectivity index (χ1v) is 13.0. The maximum atomic E-state index is 12.9. The zero-order valence-electron chi connectivity index (χ0n) is 19.1. The molecule has 0 saturated heterocycles. The Morgan fingerprint density at radius 1 is 1.03 bits per heavy atom. The molecule has 0 spiro atoms. The molecule has 1 saturated carbocycles. The van der Waals surface area contributed by atoms with Crippen LogP contribution in [0.4, 0.5) is 10.9 Å². The van der Waals surface area contributed by atoms with E-state index in [0.717, 1.165) is 54.0 Å². The highest BCUT2D eigenvalue weighted by molar-refractivity contribution is 7.15. The van der Waals surface area contributed by atoms with Crippen LogP contribution in [0.5, 0.6) is 0 Å². The fourth-order valence-corrected chi connectivity index (χ4v) is 6.34. The lowest BCUT2D eigenvalue weighted by Crippen LogP contribution is -2.11. The molecule has 0 atom stereocenters. The van der Waals surface area contributed by atoms with Gasteiger partial charge in [-0.05, 0) is 50.7 Å². The van der Waals surface area contributed by atoms with Gasteiger partial charge in [-0.1, -0.05) is 31.4 Å². The number of thiazole rings is 1. The van der Waals surface area contributed by atoms with Crippen molar-refractivity contribution in [2.24, 2.45) is 0 Å². The topological polar surface area (TPSA) is 98.2 Å². The van der Waals surface area contributed by atoms with E-state index in [0.29, 0.717) is 22.4 Å². The quantitative estimate of drug-likeness (QED) is 0.402. The molecule has 8 heteroatoms. The van der Waals surface area contributed by atoms with Crippen molar-refractivity contribution >= 4 is 33.7 Å². The molecule has 2 aliphatic rings. The van der Waals surface area contributed by atoms with Gasteiger partial charge in [0.05, 0.1) is 5.69 Å². The second-order valence-electron chi connectivity index (χ2n) is 9.31. The van der Waals surface area contributed by atoms with Gasteiger partial charge in [0.25, 0.3) is 5.91 Å². The molecule has 3 heterocycles. The molecule has 7 nitrogen and oxygen atoms in total. The summed E-state index contributed by atoms with van der Waals surface area (Å²) in [6, 6.07) is 7.58. The number of hydrogen-bond acceptors (Lipinski definition) is 6. The van der Waals surface area contributed by atoms with Gasteiger partial charge in [-0.2, -0.15) is 0 Å². The molecule has 34 heavy (non-hydrogen) atoms. The minimum Gasteiger partial charge on any atom is -0.382 e. The van der Waals surface area contributed by atoms with Gasteiger partial charge in [-0.15, -0.1) is 11.3 Å². The third-order valence-electron chi connectivity index (χ3n) is 7.07. The zero-order valence-corrected chi connectivity index (χ0v) is 19.9. The van der Waals surface area contributed by atoms with E-state index in [2.05, 4.69) is 19.7 Å². The summed E-state index contributed by atoms with van der Waals surface area (Å²) in [4.78, 5) is 28.2. The molecule has 0 aliphatic heterocycles. The molecule has 4 aromatic rings. The minimum absolute atomic E-state index is 0.142. The number of nitrogens with one attached hydrogen (secondary N) is 1. The number of aryl methyl sites for hydroxylation is 2. The van der Waals surface area contributed by atoms with Gasteiger partial charge in [0.2, 0.25) is 0 Å². The zero-order chi connectivity index (χ0) is 23.1. The number of benzene rings is 1. The van der Waals surface area contributed by atoms with Crippen LogP contribution < -0.4 is 11.1 Å². The molecule has 1 fully saturated rings. The number of anilines is 2. The number of hydrogen-bond donors (Lipinski definition) is 2. The van der Waals surface area contributed by atoms with Crippen molar-refractivity contribution in [1.29, 1.82) is 0 Å². The van der Waals surface area contributed by atoms with E-state index in [1.807, 2.05) is 30.5 Å². The van der Waals surface area contributed by atoms with Crippen molar-refractivity contribution in [1.82, 2.24) is 19.4 Å². The van der Waals surface area contributed by atoms with Crippen molar-refractivity contribution in [3.05, 3.63) is 58.6 Å². The Morgan fingerprint density at radius 2 is 1.82 bits per heavy atom. The molecular weight excluding hydrogens is 444 g/mol. The number of carbonyl (C=O) groups is 1. The Labute approximate surface area is 202 Å². The first-order chi connectivity index (χ1) is 16.7. The number of nitrogens with zero attached hydrogens (tertiary/aromatic N) is 4. The summed E-state index contributed by atoms with van der Waals surface area (Å²) >= 11 is 1.60. The number of nitrogen functional groups attached to an aromatic ring is 1. The van der Waals surface area contributed by atoms with E-state index in [4.69, 9.17) is 10.7 Å². The largest absolute Gasteiger partial charge is 0.382 e. The van der Waals surface area contributed by atoms with E-state index in [-0.39, 0.29) is 5.91 Å². The van der Waals surface area contributed by atoms with Crippen LogP contribution in [-0.4, -0.2) is 25.3 Å². The van der Waals surface area contributed by atoms with Crippen LogP contribution in [0.25, 0.3) is 16.8 Å². The lowest BCUT2D eigenvalue weighted by molar-refractivity contribution is 0.102. The van der Waals surface area contributed by atoms with Crippen molar-refractivity contribution in [2.75, 3.05) is 11.1 Å². The van der Waals surface area contributed by atoms with Crippen molar-refractivity contribution in [3.63, 3.8) is 0 Å². The normalized spacial score (nSPS) is 16.5. The lowest BCUT2D eigenvalue weighted by Gasteiger charge is -2.20. The average Bonchev–Trinajstić information content (AvgIpc) is 3.46. The Morgan fingerprint density at radius 3 is 2.62 bits per heavy atom. The number of carbonyl (C=O) groups excluding carboxylic acids is 1. The van der Waals surface area contributed by atoms with Crippen molar-refractivity contribution in [3.8, 4) is 11.3 Å². The van der Waals surface area contributed by atoms with Crippen molar-refractivity contribution < 1.29 is 4.79 Å². The molecule has 6 rings (SSSR count). The van der Waals surface area contributed by atoms with Gasteiger partial charge in [0, 0.05) is 34.3 Å². The summed E-state index contributed by atoms with van der Waals surface area (Å²) < 4.78 is 2.11. The van der Waals surface area contributed by atoms with Gasteiger partial charge >= 0.3 is 0 Å². The predicted octanol–water partition coefficient (Wildman–Crippen LogP) is 5.61. The standard InChI is InChI=1S/C26H28N6OS/c27-23-22-21(30-24(32(22)15-14-28-23)17-6-2-1-3-7-17)16-10-12-18(13-11-16)25(33)31-26-29-19-8-4-5-9-20(19)34-26/h10-15,17H,1-9H2,(H2,27,28)(H,29,31,33). The maximum absolute atomic E-state index is 12.9. The molecule has 0 radical (unpaired) electrons. The molecule has 2 aliphatic carbocycles. The highest BCUT2D eigenvalue weighted by Gasteiger charge is 2.24. The first kappa shape index (κ1) is 21.3. The molecule has 0 unspecified atom stereocenters. The van der Waals surface area contributed by atoms with E-state index < -0.39 is 0 Å². The monoisotopic (exact) mass is 472 g/mol. The second kappa shape index (κ2) is 8.83. The van der Waals surface area contributed by atoms with Crippen LogP contribution in [0.1, 0.15) is 77.6 Å². The number of imidazole rings is 1. The first-order valence-electron chi connectivity index (χ1n) is 12.2. The molecule has 1 aromatic carbocycles. The molecule has 174 valence electrons. The summed E-state index contributed by atoms with van der Waals surface area (Å²) in [5, 5.41) is 3.67. The van der Waals surface area contributed by atoms with E-state index >= 15 is 0 Å². The highest BCUT2D eigenvalue weighted by Crippen LogP contribution is 2.36. The fraction of sp³-hybridized carbons (Fsp3) is 0.385. The number of fused-ring (bicyclic) bond motifs is 2. The summed E-state index contributed by atoms with van der Waals surface area (Å²) in [6.45, 7) is 0. The number of nitrogens with two attached hydrogens (primary N) is 1. The summed E-state index contributed by atoms with van der Waals surface area (Å²) in [5.41, 5.74) is 10.6. The Kier molecular flexibility index (Phi) is 5.53. The van der Waals surface area contributed by atoms with Gasteiger partial charge in [-0.3, -0.25) is 14.5 Å². The summed E-state index contributed by atoms with van der Waals surface area (Å²) in [5.74, 6) is 1.83. The van der Waals surface area contributed by atoms with Crippen LogP contribution in [-0.2, 0) is 12.8 Å². The maximum Gasteiger partial charge on any atom is 0.257 e. The molecule has 0 bridgehead atoms. The highest BCUT2D eigenvalue weighted by atomic mass is 32.1. The summed E-state index contributed by atoms with van der Waals surface area (Å²) in [6.07, 6.45) is 14.2. The third kappa shape index (κ3) is 3.86. The Balaban J connectivity index is 1.28. The second-order valence-corrected chi connectivity index (χ2v) is 10.4. The average molecular weight is 473 g/mol. The SMILES string of the molecule is Nc1nccn2c(C3CCCCC3)nc(-c3ccc(C(=O)Nc4nc5c(s4)CCCC5)cc3)c12. The van der Waals surface area contributed by atoms with Gasteiger partial charge in [0.15, 0.2) is 5.13 Å². The lowest BCUT2D eigenvalue weighted by atomic mass is 9.89. The molecule has 3 aromatic heterocycles. The fourth-order valence-electron chi connectivity index (χ4n) is 5.29.